The van der Waals surface area contributed by atoms with E-state index in [0.29, 0.717) is 0 Å². The standard InChI is InChI=1S/C52H32N2/c1-5-13-41-35(9-1)21-29-45-46-30-22-36-10-2-6-14-42(36)50(46)53(49(41)45)39-25-17-33(18-26-39)34-19-27-40(28-20-34)54-51-43-15-7-3-11-37(43)23-31-47(51)48-32-24-38-12-4-8-16-44(38)52(48)54/h1-32H. The summed E-state index contributed by atoms with van der Waals surface area (Å²) >= 11 is 0. The van der Waals surface area contributed by atoms with Crippen LogP contribution in [-0.4, -0.2) is 9.13 Å². The summed E-state index contributed by atoms with van der Waals surface area (Å²) in [5.74, 6) is 0. The van der Waals surface area contributed by atoms with Crippen LogP contribution in [0.5, 0.6) is 0 Å². The maximum absolute atomic E-state index is 2.49. The predicted molar refractivity (Wildman–Crippen MR) is 231 cm³/mol. The molecule has 0 amide bonds. The second-order valence-electron chi connectivity index (χ2n) is 14.5. The minimum Gasteiger partial charge on any atom is -0.308 e. The first-order valence-corrected chi connectivity index (χ1v) is 18.7. The van der Waals surface area contributed by atoms with Crippen molar-refractivity contribution < 1.29 is 0 Å². The molecule has 0 saturated heterocycles. The molecule has 0 fully saturated rings. The smallest absolute Gasteiger partial charge is 0.0619 e. The Morgan fingerprint density at radius 3 is 0.741 bits per heavy atom. The lowest BCUT2D eigenvalue weighted by Crippen LogP contribution is -1.96. The molecular weight excluding hydrogens is 653 g/mol. The molecule has 12 rings (SSSR count). The summed E-state index contributed by atoms with van der Waals surface area (Å²) in [5.41, 5.74) is 9.72. The SMILES string of the molecule is c1ccc2c(c1)ccc1c3ccc4ccccc4c3n(-c3ccc(-c4ccc(-n5c6c7ccccc7ccc6c6ccc7ccccc7c65)cc4)cc3)c21. The van der Waals surface area contributed by atoms with E-state index in [2.05, 4.69) is 203 Å². The molecule has 0 atom stereocenters. The van der Waals surface area contributed by atoms with Gasteiger partial charge in [0, 0.05) is 54.5 Å². The van der Waals surface area contributed by atoms with Gasteiger partial charge in [-0.1, -0.05) is 170 Å². The highest BCUT2D eigenvalue weighted by Gasteiger charge is 2.19. The Balaban J connectivity index is 1.03. The highest BCUT2D eigenvalue weighted by atomic mass is 15.0. The van der Waals surface area contributed by atoms with Crippen LogP contribution in [0.3, 0.4) is 0 Å². The Kier molecular flexibility index (Phi) is 6.09. The maximum atomic E-state index is 2.49. The van der Waals surface area contributed by atoms with Crippen LogP contribution in [0.25, 0.3) is 109 Å². The third kappa shape index (κ3) is 4.11. The lowest BCUT2D eigenvalue weighted by Gasteiger charge is -2.13. The molecule has 250 valence electrons. The minimum absolute atomic E-state index is 1.16. The highest BCUT2D eigenvalue weighted by molar-refractivity contribution is 6.25. The molecule has 0 saturated carbocycles. The van der Waals surface area contributed by atoms with Crippen molar-refractivity contribution in [2.24, 2.45) is 0 Å². The lowest BCUT2D eigenvalue weighted by atomic mass is 10.0. The molecule has 54 heavy (non-hydrogen) atoms. The molecule has 0 N–H and O–H groups in total. The van der Waals surface area contributed by atoms with E-state index in [1.54, 1.807) is 0 Å². The summed E-state index contributed by atoms with van der Waals surface area (Å²) < 4.78 is 4.97. The third-order valence-corrected chi connectivity index (χ3v) is 11.7. The Bertz CT molecular complexity index is 3050. The van der Waals surface area contributed by atoms with Crippen molar-refractivity contribution in [1.29, 1.82) is 0 Å². The summed E-state index contributed by atoms with van der Waals surface area (Å²) in [6.07, 6.45) is 0. The first-order valence-electron chi connectivity index (χ1n) is 18.7. The van der Waals surface area contributed by atoms with E-state index in [-0.39, 0.29) is 0 Å². The van der Waals surface area contributed by atoms with E-state index in [0.717, 1.165) is 11.4 Å². The first kappa shape index (κ1) is 29.4. The van der Waals surface area contributed by atoms with Crippen molar-refractivity contribution in [2.45, 2.75) is 0 Å². The van der Waals surface area contributed by atoms with Crippen LogP contribution < -0.4 is 0 Å². The van der Waals surface area contributed by atoms with E-state index in [4.69, 9.17) is 0 Å². The Labute approximate surface area is 311 Å². The molecule has 12 aromatic rings. The van der Waals surface area contributed by atoms with Crippen LogP contribution >= 0.6 is 0 Å². The largest absolute Gasteiger partial charge is 0.308 e. The molecule has 0 unspecified atom stereocenters. The van der Waals surface area contributed by atoms with Crippen LogP contribution in [0.4, 0.5) is 0 Å². The van der Waals surface area contributed by atoms with Crippen LogP contribution in [0, 0.1) is 0 Å². The molecule has 0 aliphatic rings. The van der Waals surface area contributed by atoms with E-state index in [1.807, 2.05) is 0 Å². The summed E-state index contributed by atoms with van der Waals surface area (Å²) in [6, 6.07) is 71.5. The van der Waals surface area contributed by atoms with Gasteiger partial charge < -0.3 is 9.13 Å². The lowest BCUT2D eigenvalue weighted by molar-refractivity contribution is 1.19. The number of rotatable bonds is 3. The van der Waals surface area contributed by atoms with Gasteiger partial charge in [0.25, 0.3) is 0 Å². The topological polar surface area (TPSA) is 9.86 Å². The number of hydrogen-bond acceptors (Lipinski definition) is 0. The number of aromatic nitrogens is 2. The van der Waals surface area contributed by atoms with Gasteiger partial charge >= 0.3 is 0 Å². The number of fused-ring (bicyclic) bond motifs is 14. The molecule has 0 spiro atoms. The fourth-order valence-electron chi connectivity index (χ4n) is 9.20. The van der Waals surface area contributed by atoms with Crippen molar-refractivity contribution in [1.82, 2.24) is 9.13 Å². The molecule has 10 aromatic carbocycles. The van der Waals surface area contributed by atoms with E-state index in [9.17, 15) is 0 Å². The molecule has 0 radical (unpaired) electrons. The fourth-order valence-corrected chi connectivity index (χ4v) is 9.20. The average Bonchev–Trinajstić information content (AvgIpc) is 3.78. The predicted octanol–water partition coefficient (Wildman–Crippen LogP) is 14.2. The third-order valence-electron chi connectivity index (χ3n) is 11.7. The van der Waals surface area contributed by atoms with E-state index >= 15 is 0 Å². The maximum Gasteiger partial charge on any atom is 0.0619 e. The molecule has 2 heteroatoms. The van der Waals surface area contributed by atoms with Gasteiger partial charge in [0.2, 0.25) is 0 Å². The minimum atomic E-state index is 1.16. The van der Waals surface area contributed by atoms with E-state index < -0.39 is 0 Å². The second-order valence-corrected chi connectivity index (χ2v) is 14.5. The molecule has 0 aliphatic carbocycles. The highest BCUT2D eigenvalue weighted by Crippen LogP contribution is 2.42. The molecular formula is C52H32N2. The Hall–Kier alpha value is -7.16. The number of nitrogens with zero attached hydrogens (tertiary/aromatic N) is 2. The van der Waals surface area contributed by atoms with Gasteiger partial charge in [0.05, 0.1) is 22.1 Å². The zero-order chi connectivity index (χ0) is 35.3. The van der Waals surface area contributed by atoms with Crippen molar-refractivity contribution in [2.75, 3.05) is 0 Å². The van der Waals surface area contributed by atoms with Gasteiger partial charge in [-0.25, -0.2) is 0 Å². The van der Waals surface area contributed by atoms with Gasteiger partial charge in [-0.3, -0.25) is 0 Å². The van der Waals surface area contributed by atoms with Crippen LogP contribution in [-0.2, 0) is 0 Å². The van der Waals surface area contributed by atoms with Crippen LogP contribution in [0.2, 0.25) is 0 Å². The Morgan fingerprint density at radius 2 is 0.463 bits per heavy atom. The monoisotopic (exact) mass is 684 g/mol. The second kappa shape index (κ2) is 11.2. The number of hydrogen-bond donors (Lipinski definition) is 0. The molecule has 2 nitrogen and oxygen atoms in total. The van der Waals surface area contributed by atoms with Crippen LogP contribution in [0.15, 0.2) is 194 Å². The number of benzene rings is 10. The van der Waals surface area contributed by atoms with Crippen molar-refractivity contribution in [3.63, 3.8) is 0 Å². The van der Waals surface area contributed by atoms with Crippen molar-refractivity contribution >= 4 is 86.7 Å². The summed E-state index contributed by atoms with van der Waals surface area (Å²) in [5, 5.41) is 15.2. The molecule has 2 heterocycles. The van der Waals surface area contributed by atoms with Gasteiger partial charge in [-0.2, -0.15) is 0 Å². The van der Waals surface area contributed by atoms with Gasteiger partial charge in [0.15, 0.2) is 0 Å². The van der Waals surface area contributed by atoms with Crippen molar-refractivity contribution in [3.05, 3.63) is 194 Å². The Morgan fingerprint density at radius 1 is 0.204 bits per heavy atom. The normalized spacial score (nSPS) is 12.1. The van der Waals surface area contributed by atoms with Gasteiger partial charge in [0.1, 0.15) is 0 Å². The van der Waals surface area contributed by atoms with E-state index in [1.165, 1.54) is 97.8 Å². The molecule has 0 bridgehead atoms. The quantitative estimate of drug-likeness (QED) is 0.175. The van der Waals surface area contributed by atoms with Gasteiger partial charge in [-0.15, -0.1) is 0 Å². The van der Waals surface area contributed by atoms with Crippen LogP contribution in [0.1, 0.15) is 0 Å². The summed E-state index contributed by atoms with van der Waals surface area (Å²) in [6.45, 7) is 0. The summed E-state index contributed by atoms with van der Waals surface area (Å²) in [7, 11) is 0. The zero-order valence-electron chi connectivity index (χ0n) is 29.4. The average molecular weight is 685 g/mol. The fraction of sp³-hybridized carbons (Fsp3) is 0. The molecule has 0 aliphatic heterocycles. The zero-order valence-corrected chi connectivity index (χ0v) is 29.4. The molecule has 2 aromatic heterocycles. The van der Waals surface area contributed by atoms with Crippen molar-refractivity contribution in [3.8, 4) is 22.5 Å². The van der Waals surface area contributed by atoms with Gasteiger partial charge in [-0.05, 0) is 56.9 Å². The summed E-state index contributed by atoms with van der Waals surface area (Å²) in [4.78, 5) is 0. The first-order chi connectivity index (χ1) is 26.8.